The number of hydrogen-bond acceptors (Lipinski definition) is 5. The number of para-hydroxylation sites is 1. The molecule has 0 saturated heterocycles. The van der Waals surface area contributed by atoms with E-state index in [2.05, 4.69) is 16.7 Å². The summed E-state index contributed by atoms with van der Waals surface area (Å²) in [6, 6.07) is 21.3. The summed E-state index contributed by atoms with van der Waals surface area (Å²) < 4.78 is 0. The van der Waals surface area contributed by atoms with Crippen LogP contribution in [0.3, 0.4) is 0 Å². The van der Waals surface area contributed by atoms with Crippen molar-refractivity contribution in [3.8, 4) is 0 Å². The van der Waals surface area contributed by atoms with Crippen LogP contribution in [0.25, 0.3) is 10.8 Å². The fourth-order valence-electron chi connectivity index (χ4n) is 4.48. The molecule has 0 aromatic heterocycles. The van der Waals surface area contributed by atoms with E-state index < -0.39 is 6.04 Å². The van der Waals surface area contributed by atoms with Gasteiger partial charge in [0, 0.05) is 43.0 Å². The van der Waals surface area contributed by atoms with Gasteiger partial charge in [0.2, 0.25) is 17.7 Å². The van der Waals surface area contributed by atoms with Gasteiger partial charge < -0.3 is 21.3 Å². The third-order valence-corrected chi connectivity index (χ3v) is 7.47. The minimum absolute atomic E-state index is 0.0753. The van der Waals surface area contributed by atoms with E-state index in [9.17, 15) is 14.4 Å². The molecule has 4 N–H and O–H groups in total. The maximum atomic E-state index is 12.9. The van der Waals surface area contributed by atoms with Crippen LogP contribution in [0, 0.1) is 0 Å². The summed E-state index contributed by atoms with van der Waals surface area (Å²) in [5, 5.41) is 8.04. The largest absolute Gasteiger partial charge is 0.354 e. The monoisotopic (exact) mass is 518 g/mol. The predicted octanol–water partition coefficient (Wildman–Crippen LogP) is 3.64. The number of nitrogens with zero attached hydrogens (tertiary/aromatic N) is 1. The number of carbonyl (C=O) groups excluding carboxylic acids is 3. The molecule has 3 aromatic carbocycles. The zero-order valence-corrected chi connectivity index (χ0v) is 21.8. The van der Waals surface area contributed by atoms with Crippen molar-refractivity contribution in [3.63, 3.8) is 0 Å². The zero-order chi connectivity index (χ0) is 26.0. The Hall–Kier alpha value is -3.36. The minimum Gasteiger partial charge on any atom is -0.354 e. The highest BCUT2D eigenvalue weighted by molar-refractivity contribution is 7.99. The number of nitrogens with one attached hydrogen (secondary N) is 2. The van der Waals surface area contributed by atoms with Crippen LogP contribution in [0.5, 0.6) is 0 Å². The Morgan fingerprint density at radius 2 is 1.78 bits per heavy atom. The summed E-state index contributed by atoms with van der Waals surface area (Å²) in [5.74, 6) is 0.405. The van der Waals surface area contributed by atoms with Gasteiger partial charge in [0.05, 0.1) is 5.69 Å². The van der Waals surface area contributed by atoms with Crippen molar-refractivity contribution in [2.75, 3.05) is 30.3 Å². The molecule has 37 heavy (non-hydrogen) atoms. The van der Waals surface area contributed by atoms with Crippen LogP contribution < -0.4 is 21.3 Å². The second kappa shape index (κ2) is 13.3. The summed E-state index contributed by atoms with van der Waals surface area (Å²) in [4.78, 5) is 41.4. The van der Waals surface area contributed by atoms with E-state index in [1.54, 1.807) is 16.7 Å². The van der Waals surface area contributed by atoms with Gasteiger partial charge >= 0.3 is 0 Å². The second-order valence-corrected chi connectivity index (χ2v) is 10.3. The molecule has 1 heterocycles. The molecule has 0 radical (unpaired) electrons. The first kappa shape index (κ1) is 26.7. The lowest BCUT2D eigenvalue weighted by molar-refractivity contribution is -0.129. The maximum Gasteiger partial charge on any atom is 0.242 e. The molecule has 3 amide bonds. The Kier molecular flexibility index (Phi) is 9.57. The number of thioether (sulfide) groups is 1. The van der Waals surface area contributed by atoms with Crippen LogP contribution in [0.4, 0.5) is 5.69 Å². The van der Waals surface area contributed by atoms with Crippen LogP contribution in [-0.2, 0) is 20.8 Å². The van der Waals surface area contributed by atoms with Gasteiger partial charge in [-0.25, -0.2) is 0 Å². The van der Waals surface area contributed by atoms with E-state index in [4.69, 9.17) is 5.73 Å². The van der Waals surface area contributed by atoms with Crippen LogP contribution in [-0.4, -0.2) is 49.2 Å². The number of nitrogens with two attached hydrogens (primary N) is 1. The number of carbonyl (C=O) groups is 3. The van der Waals surface area contributed by atoms with Crippen molar-refractivity contribution in [1.82, 2.24) is 10.6 Å². The van der Waals surface area contributed by atoms with E-state index in [1.165, 1.54) is 0 Å². The lowest BCUT2D eigenvalue weighted by atomic mass is 10.0. The number of benzene rings is 3. The molecule has 7 nitrogen and oxygen atoms in total. The lowest BCUT2D eigenvalue weighted by Gasteiger charge is -2.23. The summed E-state index contributed by atoms with van der Waals surface area (Å²) in [7, 11) is 0. The molecular formula is C29H34N4O3S. The third kappa shape index (κ3) is 7.33. The summed E-state index contributed by atoms with van der Waals surface area (Å²) >= 11 is 1.68. The number of hydrogen-bond donors (Lipinski definition) is 3. The van der Waals surface area contributed by atoms with Gasteiger partial charge in [-0.05, 0) is 47.9 Å². The third-order valence-electron chi connectivity index (χ3n) is 6.40. The van der Waals surface area contributed by atoms with Crippen molar-refractivity contribution in [1.29, 1.82) is 0 Å². The number of anilines is 1. The molecular weight excluding hydrogens is 484 g/mol. The molecule has 4 rings (SSSR count). The Balaban J connectivity index is 1.38. The molecule has 1 atom stereocenters. The van der Waals surface area contributed by atoms with E-state index >= 15 is 0 Å². The van der Waals surface area contributed by atoms with E-state index in [-0.39, 0.29) is 24.1 Å². The van der Waals surface area contributed by atoms with Gasteiger partial charge in [-0.2, -0.15) is 0 Å². The Morgan fingerprint density at radius 3 is 2.62 bits per heavy atom. The highest BCUT2D eigenvalue weighted by atomic mass is 32.2. The average Bonchev–Trinajstić information content (AvgIpc) is 3.06. The fraction of sp³-hybridized carbons (Fsp3) is 0.345. The first-order valence-corrected chi connectivity index (χ1v) is 13.8. The molecule has 0 aliphatic carbocycles. The molecule has 8 heteroatoms. The highest BCUT2D eigenvalue weighted by Gasteiger charge is 2.24. The minimum atomic E-state index is -0.691. The molecule has 1 aliphatic rings. The molecule has 0 spiro atoms. The smallest absolute Gasteiger partial charge is 0.242 e. The van der Waals surface area contributed by atoms with Gasteiger partial charge in [0.1, 0.15) is 6.04 Å². The van der Waals surface area contributed by atoms with Crippen LogP contribution in [0.15, 0.2) is 71.6 Å². The van der Waals surface area contributed by atoms with Gasteiger partial charge in [-0.3, -0.25) is 14.4 Å². The van der Waals surface area contributed by atoms with Crippen LogP contribution in [0.2, 0.25) is 0 Å². The zero-order valence-electron chi connectivity index (χ0n) is 20.9. The molecule has 194 valence electrons. The Bertz CT molecular complexity index is 1250. The normalized spacial score (nSPS) is 14.1. The van der Waals surface area contributed by atoms with Gasteiger partial charge in [0.15, 0.2) is 0 Å². The lowest BCUT2D eigenvalue weighted by Crippen LogP contribution is -2.48. The van der Waals surface area contributed by atoms with Gasteiger partial charge in [-0.1, -0.05) is 54.6 Å². The molecule has 1 aliphatic heterocycles. The first-order valence-electron chi connectivity index (χ1n) is 12.8. The Labute approximate surface area is 222 Å². The van der Waals surface area contributed by atoms with Gasteiger partial charge in [-0.15, -0.1) is 11.8 Å². The van der Waals surface area contributed by atoms with Crippen LogP contribution in [0.1, 0.15) is 31.2 Å². The van der Waals surface area contributed by atoms with Gasteiger partial charge in [0.25, 0.3) is 0 Å². The van der Waals surface area contributed by atoms with Crippen molar-refractivity contribution >= 4 is 45.9 Å². The molecule has 0 fully saturated rings. The summed E-state index contributed by atoms with van der Waals surface area (Å²) in [5.41, 5.74) is 7.44. The van der Waals surface area contributed by atoms with Crippen molar-refractivity contribution in [2.24, 2.45) is 5.73 Å². The van der Waals surface area contributed by atoms with Crippen molar-refractivity contribution in [2.45, 2.75) is 43.0 Å². The quantitative estimate of drug-likeness (QED) is 0.336. The summed E-state index contributed by atoms with van der Waals surface area (Å²) in [6.07, 6.45) is 2.27. The Morgan fingerprint density at radius 1 is 1.00 bits per heavy atom. The van der Waals surface area contributed by atoms with Crippen molar-refractivity contribution in [3.05, 3.63) is 72.3 Å². The number of rotatable bonds is 11. The topological polar surface area (TPSA) is 105 Å². The molecule has 0 unspecified atom stereocenters. The average molecular weight is 519 g/mol. The number of amides is 3. The second-order valence-electron chi connectivity index (χ2n) is 9.15. The standard InChI is InChI=1S/C29H34N4O3S/c30-15-6-16-31-29(36)24(20-21-12-13-22-7-1-2-8-23(22)19-21)32-27(34)11-5-17-33-25-9-3-4-10-26(25)37-18-14-28(33)35/h1-4,7-10,12-13,19,24H,5-6,11,14-18,20,30H2,(H,31,36)(H,32,34)/t24-/m1/s1. The predicted molar refractivity (Wildman–Crippen MR) is 150 cm³/mol. The first-order chi connectivity index (χ1) is 18.0. The van der Waals surface area contributed by atoms with E-state index in [0.29, 0.717) is 45.3 Å². The maximum absolute atomic E-state index is 12.9. The molecule has 0 bridgehead atoms. The SMILES string of the molecule is NCCCNC(=O)[C@@H](Cc1ccc2ccccc2c1)NC(=O)CCCN1C(=O)CCSc2ccccc21. The number of fused-ring (bicyclic) bond motifs is 2. The highest BCUT2D eigenvalue weighted by Crippen LogP contribution is 2.34. The van der Waals surface area contributed by atoms with Crippen LogP contribution >= 0.6 is 11.8 Å². The summed E-state index contributed by atoms with van der Waals surface area (Å²) in [6.45, 7) is 1.41. The molecule has 3 aromatic rings. The van der Waals surface area contributed by atoms with E-state index in [1.807, 2.05) is 60.7 Å². The fourth-order valence-corrected chi connectivity index (χ4v) is 5.47. The van der Waals surface area contributed by atoms with E-state index in [0.717, 1.165) is 32.7 Å². The van der Waals surface area contributed by atoms with Crippen molar-refractivity contribution < 1.29 is 14.4 Å². The molecule has 0 saturated carbocycles.